The number of phenols is 1. The molecule has 5 heteroatoms. The third-order valence-electron chi connectivity index (χ3n) is 4.13. The van der Waals surface area contributed by atoms with Gasteiger partial charge >= 0.3 is 0 Å². The van der Waals surface area contributed by atoms with E-state index in [9.17, 15) is 14.7 Å². The molecule has 1 amide bonds. The second-order valence-electron chi connectivity index (χ2n) is 5.56. The zero-order valence-corrected chi connectivity index (χ0v) is 12.2. The molecule has 2 heterocycles. The topological polar surface area (TPSA) is 73.4 Å². The quantitative estimate of drug-likeness (QED) is 0.855. The van der Waals surface area contributed by atoms with Crippen molar-refractivity contribution in [1.82, 2.24) is 9.88 Å². The van der Waals surface area contributed by atoms with Crippen molar-refractivity contribution >= 4 is 11.7 Å². The summed E-state index contributed by atoms with van der Waals surface area (Å²) in [6, 6.07) is 9.90. The maximum Gasteiger partial charge on any atom is 0.270 e. The first-order chi connectivity index (χ1) is 10.6. The lowest BCUT2D eigenvalue weighted by molar-refractivity contribution is 0.0646. The summed E-state index contributed by atoms with van der Waals surface area (Å²) in [6.07, 6.45) is 3.08. The Labute approximate surface area is 128 Å². The molecule has 22 heavy (non-hydrogen) atoms. The largest absolute Gasteiger partial charge is 0.508 e. The van der Waals surface area contributed by atoms with Crippen molar-refractivity contribution in [2.45, 2.75) is 12.8 Å². The number of amides is 1. The molecule has 3 rings (SSSR count). The van der Waals surface area contributed by atoms with E-state index in [0.717, 1.165) is 0 Å². The van der Waals surface area contributed by atoms with Crippen LogP contribution in [0, 0.1) is 5.92 Å². The van der Waals surface area contributed by atoms with Gasteiger partial charge in [-0.3, -0.25) is 9.59 Å². The van der Waals surface area contributed by atoms with Gasteiger partial charge in [-0.1, -0.05) is 0 Å². The van der Waals surface area contributed by atoms with Gasteiger partial charge in [-0.25, -0.2) is 0 Å². The van der Waals surface area contributed by atoms with Crippen molar-refractivity contribution < 1.29 is 14.7 Å². The third-order valence-corrected chi connectivity index (χ3v) is 4.13. The highest BCUT2D eigenvalue weighted by molar-refractivity contribution is 5.98. The minimum atomic E-state index is -0.0581. The number of phenolic OH excluding ortho intramolecular Hbond substituents is 1. The molecule has 0 spiro atoms. The van der Waals surface area contributed by atoms with Crippen molar-refractivity contribution in [1.29, 1.82) is 0 Å². The Morgan fingerprint density at radius 2 is 1.77 bits per heavy atom. The smallest absolute Gasteiger partial charge is 0.270 e. The summed E-state index contributed by atoms with van der Waals surface area (Å²) >= 11 is 0. The normalized spacial score (nSPS) is 15.7. The minimum absolute atomic E-state index is 0.0134. The van der Waals surface area contributed by atoms with Crippen LogP contribution < -0.4 is 0 Å². The first-order valence-electron chi connectivity index (χ1n) is 7.41. The number of nitrogens with zero attached hydrogens (tertiary/aromatic N) is 1. The van der Waals surface area contributed by atoms with E-state index < -0.39 is 0 Å². The average Bonchev–Trinajstić information content (AvgIpc) is 3.09. The standard InChI is InChI=1S/C17H18N2O3/c20-14-5-3-12(4-6-14)16(21)13-7-10-19(11-8-13)17(22)15-2-1-9-18-15/h1-6,9,13,18,20H,7-8,10-11H2. The van der Waals surface area contributed by atoms with Gasteiger partial charge < -0.3 is 15.0 Å². The molecule has 0 aliphatic carbocycles. The second kappa shape index (κ2) is 6.05. The molecule has 1 saturated heterocycles. The number of Topliss-reactive ketones (excluding diaryl/α,β-unsaturated/α-hetero) is 1. The maximum atomic E-state index is 12.4. The Hall–Kier alpha value is -2.56. The monoisotopic (exact) mass is 298 g/mol. The number of aromatic hydroxyl groups is 1. The minimum Gasteiger partial charge on any atom is -0.508 e. The number of ketones is 1. The predicted octanol–water partition coefficient (Wildman–Crippen LogP) is 2.46. The Morgan fingerprint density at radius 3 is 2.36 bits per heavy atom. The number of piperidine rings is 1. The van der Waals surface area contributed by atoms with Crippen molar-refractivity contribution in [3.05, 3.63) is 53.9 Å². The number of rotatable bonds is 3. The summed E-state index contributed by atoms with van der Waals surface area (Å²) in [4.78, 5) is 29.4. The Bertz CT molecular complexity index is 654. The summed E-state index contributed by atoms with van der Waals surface area (Å²) in [7, 11) is 0. The molecule has 0 saturated carbocycles. The van der Waals surface area contributed by atoms with Crippen LogP contribution in [0.5, 0.6) is 5.75 Å². The van der Waals surface area contributed by atoms with Crippen LogP contribution in [0.1, 0.15) is 33.7 Å². The molecular formula is C17H18N2O3. The number of carbonyl (C=O) groups is 2. The number of nitrogens with one attached hydrogen (secondary N) is 1. The molecule has 1 fully saturated rings. The predicted molar refractivity (Wildman–Crippen MR) is 81.9 cm³/mol. The average molecular weight is 298 g/mol. The molecule has 1 aliphatic rings. The molecule has 114 valence electrons. The third kappa shape index (κ3) is 2.88. The van der Waals surface area contributed by atoms with E-state index in [1.54, 1.807) is 35.4 Å². The van der Waals surface area contributed by atoms with Gasteiger partial charge in [0.05, 0.1) is 0 Å². The summed E-state index contributed by atoms with van der Waals surface area (Å²) in [5, 5.41) is 9.28. The van der Waals surface area contributed by atoms with Crippen molar-refractivity contribution in [2.24, 2.45) is 5.92 Å². The molecule has 1 aromatic carbocycles. The SMILES string of the molecule is O=C(c1ccc(O)cc1)C1CCN(C(=O)c2ccc[nH]2)CC1. The van der Waals surface area contributed by atoms with E-state index in [1.165, 1.54) is 12.1 Å². The number of hydrogen-bond donors (Lipinski definition) is 2. The fourth-order valence-electron chi connectivity index (χ4n) is 2.84. The molecule has 5 nitrogen and oxygen atoms in total. The highest BCUT2D eigenvalue weighted by Crippen LogP contribution is 2.23. The summed E-state index contributed by atoms with van der Waals surface area (Å²) < 4.78 is 0. The van der Waals surface area contributed by atoms with Gasteiger partial charge in [-0.05, 0) is 49.2 Å². The summed E-state index contributed by atoms with van der Waals surface area (Å²) in [5.74, 6) is 0.174. The van der Waals surface area contributed by atoms with Crippen LogP contribution in [0.2, 0.25) is 0 Å². The zero-order valence-electron chi connectivity index (χ0n) is 12.2. The van der Waals surface area contributed by atoms with Crippen LogP contribution in [-0.4, -0.2) is 39.8 Å². The van der Waals surface area contributed by atoms with E-state index in [-0.39, 0.29) is 23.4 Å². The Morgan fingerprint density at radius 1 is 1.09 bits per heavy atom. The van der Waals surface area contributed by atoms with Crippen LogP contribution in [-0.2, 0) is 0 Å². The lowest BCUT2D eigenvalue weighted by Crippen LogP contribution is -2.40. The van der Waals surface area contributed by atoms with E-state index in [4.69, 9.17) is 0 Å². The molecular weight excluding hydrogens is 280 g/mol. The second-order valence-corrected chi connectivity index (χ2v) is 5.56. The van der Waals surface area contributed by atoms with Crippen LogP contribution in [0.25, 0.3) is 0 Å². The molecule has 0 bridgehead atoms. The van der Waals surface area contributed by atoms with Crippen LogP contribution in [0.15, 0.2) is 42.6 Å². The van der Waals surface area contributed by atoms with Crippen molar-refractivity contribution in [3.63, 3.8) is 0 Å². The fraction of sp³-hybridized carbons (Fsp3) is 0.294. The van der Waals surface area contributed by atoms with Crippen LogP contribution >= 0.6 is 0 Å². The van der Waals surface area contributed by atoms with Crippen LogP contribution in [0.4, 0.5) is 0 Å². The van der Waals surface area contributed by atoms with E-state index in [1.807, 2.05) is 0 Å². The molecule has 0 radical (unpaired) electrons. The fourth-order valence-corrected chi connectivity index (χ4v) is 2.84. The number of aromatic amines is 1. The van der Waals surface area contributed by atoms with Gasteiger partial charge in [0.25, 0.3) is 5.91 Å². The molecule has 1 aromatic heterocycles. The number of hydrogen-bond acceptors (Lipinski definition) is 3. The lowest BCUT2D eigenvalue weighted by Gasteiger charge is -2.31. The van der Waals surface area contributed by atoms with Crippen molar-refractivity contribution in [2.75, 3.05) is 13.1 Å². The molecule has 2 aromatic rings. The van der Waals surface area contributed by atoms with Gasteiger partial charge in [0.2, 0.25) is 0 Å². The molecule has 0 unspecified atom stereocenters. The Kier molecular flexibility index (Phi) is 3.96. The van der Waals surface area contributed by atoms with Gasteiger partial charge in [0.15, 0.2) is 5.78 Å². The highest BCUT2D eigenvalue weighted by atomic mass is 16.3. The van der Waals surface area contributed by atoms with E-state index in [0.29, 0.717) is 37.2 Å². The summed E-state index contributed by atoms with van der Waals surface area (Å²) in [5.41, 5.74) is 1.20. The Balaban J connectivity index is 1.60. The zero-order chi connectivity index (χ0) is 15.5. The van der Waals surface area contributed by atoms with E-state index in [2.05, 4.69) is 4.98 Å². The number of carbonyl (C=O) groups excluding carboxylic acids is 2. The first-order valence-corrected chi connectivity index (χ1v) is 7.41. The molecule has 2 N–H and O–H groups in total. The van der Waals surface area contributed by atoms with E-state index >= 15 is 0 Å². The number of benzene rings is 1. The molecule has 0 atom stereocenters. The van der Waals surface area contributed by atoms with Gasteiger partial charge in [-0.2, -0.15) is 0 Å². The highest BCUT2D eigenvalue weighted by Gasteiger charge is 2.28. The number of likely N-dealkylation sites (tertiary alicyclic amines) is 1. The molecule has 1 aliphatic heterocycles. The first kappa shape index (κ1) is 14.4. The van der Waals surface area contributed by atoms with Gasteiger partial charge in [0, 0.05) is 30.8 Å². The lowest BCUT2D eigenvalue weighted by atomic mass is 9.89. The maximum absolute atomic E-state index is 12.4. The van der Waals surface area contributed by atoms with Crippen LogP contribution in [0.3, 0.4) is 0 Å². The number of H-pyrrole nitrogens is 1. The van der Waals surface area contributed by atoms with Gasteiger partial charge in [-0.15, -0.1) is 0 Å². The van der Waals surface area contributed by atoms with Crippen molar-refractivity contribution in [3.8, 4) is 5.75 Å². The summed E-state index contributed by atoms with van der Waals surface area (Å²) in [6.45, 7) is 1.18. The number of aromatic nitrogens is 1. The van der Waals surface area contributed by atoms with Gasteiger partial charge in [0.1, 0.15) is 11.4 Å².